The smallest absolute Gasteiger partial charge is 0.248 e. The first-order valence-corrected chi connectivity index (χ1v) is 15.5. The summed E-state index contributed by atoms with van der Waals surface area (Å²) in [5.74, 6) is 1.37. The van der Waals surface area contributed by atoms with E-state index in [1.807, 2.05) is 42.5 Å². The Bertz CT molecular complexity index is 1230. The Hall–Kier alpha value is -2.77. The molecule has 1 fully saturated rings. The average molecular weight is 625 g/mol. The number of anilines is 2. The van der Waals surface area contributed by atoms with Crippen molar-refractivity contribution in [1.82, 2.24) is 4.90 Å². The highest BCUT2D eigenvalue weighted by Crippen LogP contribution is 2.28. The number of allylic oxidation sites excluding steroid dienone is 3. The number of hydrogen-bond acceptors (Lipinski definition) is 3. The first-order valence-electron chi connectivity index (χ1n) is 14.3. The molecule has 0 radical (unpaired) electrons. The lowest BCUT2D eigenvalue weighted by molar-refractivity contribution is -0.114. The Kier molecular flexibility index (Phi) is 12.6. The van der Waals surface area contributed by atoms with E-state index in [9.17, 15) is 9.59 Å². The predicted octanol–water partition coefficient (Wildman–Crippen LogP) is 8.16. The molecule has 0 aromatic heterocycles. The molecule has 2 N–H and O–H groups in total. The van der Waals surface area contributed by atoms with E-state index in [0.717, 1.165) is 70.7 Å². The van der Waals surface area contributed by atoms with Crippen LogP contribution in [0.3, 0.4) is 0 Å². The third-order valence-electron chi connectivity index (χ3n) is 7.24. The van der Waals surface area contributed by atoms with Crippen LogP contribution in [0.4, 0.5) is 11.4 Å². The van der Waals surface area contributed by atoms with Gasteiger partial charge in [-0.2, -0.15) is 0 Å². The van der Waals surface area contributed by atoms with Crippen molar-refractivity contribution < 1.29 is 9.59 Å². The largest absolute Gasteiger partial charge is 0.362 e. The van der Waals surface area contributed by atoms with E-state index in [2.05, 4.69) is 64.4 Å². The molecule has 2 amide bonds. The number of benzene rings is 2. The van der Waals surface area contributed by atoms with Crippen LogP contribution in [0.5, 0.6) is 0 Å². The van der Waals surface area contributed by atoms with Gasteiger partial charge in [-0.05, 0) is 79.7 Å². The van der Waals surface area contributed by atoms with Gasteiger partial charge in [0.05, 0.1) is 5.69 Å². The Balaban J connectivity index is 1.55. The van der Waals surface area contributed by atoms with Crippen molar-refractivity contribution in [2.45, 2.75) is 59.8 Å². The Morgan fingerprint density at radius 1 is 1.07 bits per heavy atom. The number of rotatable bonds is 11. The zero-order valence-electron chi connectivity index (χ0n) is 24.1. The SMILES string of the molecule is CCC(/C=C\C=C\C(=O)Nc1ccc(Br)cc1C(=S)N1CC(C)CC(C)C1)CCCc1ccccc1NC(C)=O. The molecule has 214 valence electrons. The van der Waals surface area contributed by atoms with Gasteiger partial charge in [-0.3, -0.25) is 9.59 Å². The summed E-state index contributed by atoms with van der Waals surface area (Å²) < 4.78 is 0.934. The topological polar surface area (TPSA) is 61.4 Å². The third-order valence-corrected chi connectivity index (χ3v) is 8.21. The second-order valence-electron chi connectivity index (χ2n) is 11.0. The summed E-state index contributed by atoms with van der Waals surface area (Å²) in [4.78, 5) is 27.3. The van der Waals surface area contributed by atoms with Gasteiger partial charge in [-0.15, -0.1) is 0 Å². The van der Waals surface area contributed by atoms with Gasteiger partial charge in [0.25, 0.3) is 0 Å². The molecule has 5 nitrogen and oxygen atoms in total. The normalized spacial score (nSPS) is 18.2. The maximum atomic E-state index is 12.8. The van der Waals surface area contributed by atoms with Crippen LogP contribution in [0, 0.1) is 17.8 Å². The van der Waals surface area contributed by atoms with E-state index >= 15 is 0 Å². The summed E-state index contributed by atoms with van der Waals surface area (Å²) in [5.41, 5.74) is 3.64. The molecule has 3 rings (SSSR count). The van der Waals surface area contributed by atoms with E-state index in [1.54, 1.807) is 12.2 Å². The lowest BCUT2D eigenvalue weighted by atomic mass is 9.91. The zero-order valence-corrected chi connectivity index (χ0v) is 26.5. The van der Waals surface area contributed by atoms with Gasteiger partial charge in [-0.1, -0.05) is 85.3 Å². The summed E-state index contributed by atoms with van der Waals surface area (Å²) in [7, 11) is 0. The van der Waals surface area contributed by atoms with Crippen molar-refractivity contribution in [3.8, 4) is 0 Å². The average Bonchev–Trinajstić information content (AvgIpc) is 2.90. The van der Waals surface area contributed by atoms with E-state index < -0.39 is 0 Å². The quantitative estimate of drug-likeness (QED) is 0.151. The molecule has 1 aliphatic rings. The van der Waals surface area contributed by atoms with Gasteiger partial charge in [0.15, 0.2) is 0 Å². The molecule has 40 heavy (non-hydrogen) atoms. The van der Waals surface area contributed by atoms with Crippen molar-refractivity contribution in [2.24, 2.45) is 17.8 Å². The van der Waals surface area contributed by atoms with Crippen molar-refractivity contribution in [1.29, 1.82) is 0 Å². The number of thiocarbonyl (C=S) groups is 1. The summed E-state index contributed by atoms with van der Waals surface area (Å²) in [6.45, 7) is 10.1. The number of para-hydroxylation sites is 1. The molecule has 0 aliphatic carbocycles. The number of aryl methyl sites for hydroxylation is 1. The number of carbonyl (C=O) groups is 2. The van der Waals surface area contributed by atoms with Gasteiger partial charge in [0.2, 0.25) is 11.8 Å². The molecule has 1 heterocycles. The number of piperidine rings is 1. The van der Waals surface area contributed by atoms with Crippen LogP contribution in [-0.2, 0) is 16.0 Å². The lowest BCUT2D eigenvalue weighted by Gasteiger charge is -2.37. The fourth-order valence-corrected chi connectivity index (χ4v) is 6.06. The lowest BCUT2D eigenvalue weighted by Crippen LogP contribution is -2.42. The molecule has 1 aliphatic heterocycles. The van der Waals surface area contributed by atoms with Gasteiger partial charge in [0, 0.05) is 41.8 Å². The molecule has 3 atom stereocenters. The van der Waals surface area contributed by atoms with Crippen LogP contribution < -0.4 is 10.6 Å². The van der Waals surface area contributed by atoms with Crippen LogP contribution in [0.25, 0.3) is 0 Å². The van der Waals surface area contributed by atoms with Crippen molar-refractivity contribution in [3.63, 3.8) is 0 Å². The van der Waals surface area contributed by atoms with E-state index in [-0.39, 0.29) is 11.8 Å². The summed E-state index contributed by atoms with van der Waals surface area (Å²) in [6, 6.07) is 13.8. The van der Waals surface area contributed by atoms with E-state index in [0.29, 0.717) is 17.8 Å². The second-order valence-corrected chi connectivity index (χ2v) is 12.3. The second kappa shape index (κ2) is 15.9. The molecular weight excluding hydrogens is 582 g/mol. The Morgan fingerprint density at radius 2 is 1.80 bits per heavy atom. The summed E-state index contributed by atoms with van der Waals surface area (Å²) in [6.07, 6.45) is 12.7. The number of hydrogen-bond donors (Lipinski definition) is 2. The van der Waals surface area contributed by atoms with Crippen molar-refractivity contribution >= 4 is 56.3 Å². The molecule has 0 saturated carbocycles. The van der Waals surface area contributed by atoms with Crippen LogP contribution in [0.2, 0.25) is 0 Å². The standard InChI is InChI=1S/C33H42BrN3O2S/c1-5-26(12-10-14-27-13-7-8-15-30(27)35-25(4)38)11-6-9-16-32(39)36-31-18-17-28(34)20-29(31)33(40)37-21-23(2)19-24(3)22-37/h6-9,11,13,15-18,20,23-24,26H,5,10,12,14,19,21-22H2,1-4H3,(H,35,38)(H,36,39)/b11-6-,16-9+. The van der Waals surface area contributed by atoms with E-state index in [4.69, 9.17) is 12.2 Å². The van der Waals surface area contributed by atoms with Crippen LogP contribution in [0.15, 0.2) is 71.2 Å². The molecule has 7 heteroatoms. The number of likely N-dealkylation sites (tertiary alicyclic amines) is 1. The number of amides is 2. The summed E-state index contributed by atoms with van der Waals surface area (Å²) >= 11 is 9.46. The van der Waals surface area contributed by atoms with Gasteiger partial charge < -0.3 is 15.5 Å². The number of nitrogens with zero attached hydrogens (tertiary/aromatic N) is 1. The highest BCUT2D eigenvalue weighted by molar-refractivity contribution is 9.10. The zero-order chi connectivity index (χ0) is 29.1. The molecule has 0 bridgehead atoms. The Labute approximate surface area is 253 Å². The molecule has 3 unspecified atom stereocenters. The molecule has 2 aromatic rings. The third kappa shape index (κ3) is 10.0. The van der Waals surface area contributed by atoms with Crippen molar-refractivity contribution in [2.75, 3.05) is 23.7 Å². The highest BCUT2D eigenvalue weighted by atomic mass is 79.9. The predicted molar refractivity (Wildman–Crippen MR) is 175 cm³/mol. The number of halogens is 1. The fraction of sp³-hybridized carbons (Fsp3) is 0.424. The fourth-order valence-electron chi connectivity index (χ4n) is 5.38. The van der Waals surface area contributed by atoms with Gasteiger partial charge in [0.1, 0.15) is 4.99 Å². The first-order chi connectivity index (χ1) is 19.2. The monoisotopic (exact) mass is 623 g/mol. The Morgan fingerprint density at radius 3 is 2.50 bits per heavy atom. The maximum absolute atomic E-state index is 12.8. The van der Waals surface area contributed by atoms with E-state index in [1.165, 1.54) is 13.3 Å². The van der Waals surface area contributed by atoms with Gasteiger partial charge in [-0.25, -0.2) is 0 Å². The molecule has 2 aromatic carbocycles. The van der Waals surface area contributed by atoms with Crippen LogP contribution >= 0.6 is 28.1 Å². The minimum atomic E-state index is -0.181. The number of carbonyl (C=O) groups excluding carboxylic acids is 2. The minimum absolute atomic E-state index is 0.0528. The van der Waals surface area contributed by atoms with Crippen molar-refractivity contribution in [3.05, 3.63) is 82.4 Å². The molecule has 1 saturated heterocycles. The van der Waals surface area contributed by atoms with Gasteiger partial charge >= 0.3 is 0 Å². The highest BCUT2D eigenvalue weighted by Gasteiger charge is 2.25. The van der Waals surface area contributed by atoms with Crippen LogP contribution in [-0.4, -0.2) is 34.8 Å². The number of nitrogens with one attached hydrogen (secondary N) is 2. The molecular formula is C33H42BrN3O2S. The summed E-state index contributed by atoms with van der Waals surface area (Å²) in [5, 5.41) is 5.94. The minimum Gasteiger partial charge on any atom is -0.362 e. The molecule has 0 spiro atoms. The maximum Gasteiger partial charge on any atom is 0.248 e. The first kappa shape index (κ1) is 31.8. The van der Waals surface area contributed by atoms with Crippen LogP contribution in [0.1, 0.15) is 64.5 Å².